The number of piperazine rings is 1. The van der Waals surface area contributed by atoms with Crippen molar-refractivity contribution in [1.29, 1.82) is 0 Å². The zero-order valence-corrected chi connectivity index (χ0v) is 15.0. The van der Waals surface area contributed by atoms with Gasteiger partial charge in [0.2, 0.25) is 0 Å². The number of carbonyl (C=O) groups is 1. The lowest BCUT2D eigenvalue weighted by molar-refractivity contribution is -0.892. The molecule has 0 saturated carbocycles. The summed E-state index contributed by atoms with van der Waals surface area (Å²) in [4.78, 5) is 15.7. The number of rotatable bonds is 6. The predicted octanol–water partition coefficient (Wildman–Crippen LogP) is 1.10. The molecule has 5 heteroatoms. The number of hydrogen-bond acceptors (Lipinski definition) is 3. The third-order valence-corrected chi connectivity index (χ3v) is 5.26. The van der Waals surface area contributed by atoms with Crippen molar-refractivity contribution in [2.75, 3.05) is 44.2 Å². The van der Waals surface area contributed by atoms with Crippen LogP contribution in [0.2, 0.25) is 0 Å². The van der Waals surface area contributed by atoms with Crippen LogP contribution in [0.1, 0.15) is 32.1 Å². The number of phenols is 1. The Morgan fingerprint density at radius 2 is 2.00 bits per heavy atom. The highest BCUT2D eigenvalue weighted by molar-refractivity contribution is 5.76. The second-order valence-electron chi connectivity index (χ2n) is 7.11. The van der Waals surface area contributed by atoms with Crippen molar-refractivity contribution in [3.05, 3.63) is 35.9 Å². The third kappa shape index (κ3) is 5.23. The first-order chi connectivity index (χ1) is 12.2. The Kier molecular flexibility index (Phi) is 6.34. The van der Waals surface area contributed by atoms with Gasteiger partial charge in [0.05, 0.1) is 31.9 Å². The van der Waals surface area contributed by atoms with Crippen molar-refractivity contribution in [2.45, 2.75) is 32.1 Å². The molecule has 3 N–H and O–H groups in total. The van der Waals surface area contributed by atoms with Gasteiger partial charge in [-0.3, -0.25) is 4.79 Å². The molecule has 0 spiro atoms. The fourth-order valence-corrected chi connectivity index (χ4v) is 3.76. The summed E-state index contributed by atoms with van der Waals surface area (Å²) in [6.45, 7) is 4.90. The molecular formula is C20H30N3O2+. The van der Waals surface area contributed by atoms with Crippen LogP contribution >= 0.6 is 0 Å². The largest absolute Gasteiger partial charge is 0.506 e. The Balaban J connectivity index is 1.36. The van der Waals surface area contributed by atoms with Crippen LogP contribution in [0.5, 0.6) is 5.75 Å². The van der Waals surface area contributed by atoms with Gasteiger partial charge in [0, 0.05) is 6.54 Å². The second-order valence-corrected chi connectivity index (χ2v) is 7.11. The average Bonchev–Trinajstić information content (AvgIpc) is 2.64. The molecular weight excluding hydrogens is 314 g/mol. The van der Waals surface area contributed by atoms with Crippen molar-refractivity contribution in [3.63, 3.8) is 0 Å². The summed E-state index contributed by atoms with van der Waals surface area (Å²) in [5, 5.41) is 13.0. The van der Waals surface area contributed by atoms with Crippen molar-refractivity contribution in [3.8, 4) is 5.75 Å². The number of amides is 1. The van der Waals surface area contributed by atoms with Crippen LogP contribution in [-0.4, -0.2) is 50.3 Å². The standard InChI is InChI=1S/C20H29N3O2/c24-19-9-5-4-8-18(19)23-14-12-22(13-15-23)16-20(25)21-11-10-17-6-2-1-3-7-17/h4-6,8-9,24H,1-3,7,10-16H2,(H,21,25)/p+1. The molecule has 3 rings (SSSR count). The molecule has 0 radical (unpaired) electrons. The number of quaternary nitrogens is 1. The van der Waals surface area contributed by atoms with E-state index in [9.17, 15) is 9.90 Å². The highest BCUT2D eigenvalue weighted by Crippen LogP contribution is 2.25. The van der Waals surface area contributed by atoms with Crippen LogP contribution in [0.4, 0.5) is 5.69 Å². The van der Waals surface area contributed by atoms with Crippen LogP contribution in [-0.2, 0) is 4.79 Å². The van der Waals surface area contributed by atoms with Gasteiger partial charge in [-0.25, -0.2) is 0 Å². The zero-order chi connectivity index (χ0) is 17.5. The molecule has 2 aliphatic rings. The lowest BCUT2D eigenvalue weighted by Crippen LogP contribution is -3.15. The van der Waals surface area contributed by atoms with E-state index in [0.717, 1.165) is 44.8 Å². The quantitative estimate of drug-likeness (QED) is 0.678. The van der Waals surface area contributed by atoms with E-state index in [1.807, 2.05) is 18.2 Å². The number of para-hydroxylation sites is 2. The SMILES string of the molecule is O=C(C[NH+]1CCN(c2ccccc2O)CC1)NCCC1=CCCCC1. The number of hydrogen-bond donors (Lipinski definition) is 3. The number of nitrogens with zero attached hydrogens (tertiary/aromatic N) is 1. The molecule has 1 saturated heterocycles. The molecule has 1 aliphatic heterocycles. The van der Waals surface area contributed by atoms with Gasteiger partial charge >= 0.3 is 0 Å². The Morgan fingerprint density at radius 3 is 2.72 bits per heavy atom. The summed E-state index contributed by atoms with van der Waals surface area (Å²) in [6.07, 6.45) is 8.36. The Bertz CT molecular complexity index is 607. The molecule has 1 aromatic carbocycles. The highest BCUT2D eigenvalue weighted by atomic mass is 16.3. The molecule has 1 aliphatic carbocycles. The molecule has 1 heterocycles. The summed E-state index contributed by atoms with van der Waals surface area (Å²) in [7, 11) is 0. The summed E-state index contributed by atoms with van der Waals surface area (Å²) < 4.78 is 0. The van der Waals surface area contributed by atoms with Crippen LogP contribution in [0.25, 0.3) is 0 Å². The molecule has 0 aromatic heterocycles. The van der Waals surface area contributed by atoms with Gasteiger partial charge in [-0.1, -0.05) is 23.8 Å². The van der Waals surface area contributed by atoms with Gasteiger partial charge in [-0.05, 0) is 44.2 Å². The van der Waals surface area contributed by atoms with E-state index >= 15 is 0 Å². The maximum absolute atomic E-state index is 12.2. The maximum Gasteiger partial charge on any atom is 0.275 e. The molecule has 0 atom stereocenters. The molecule has 0 bridgehead atoms. The predicted molar refractivity (Wildman–Crippen MR) is 100 cm³/mol. The minimum absolute atomic E-state index is 0.155. The van der Waals surface area contributed by atoms with Crippen molar-refractivity contribution in [1.82, 2.24) is 5.32 Å². The Labute approximate surface area is 150 Å². The van der Waals surface area contributed by atoms with Crippen molar-refractivity contribution < 1.29 is 14.8 Å². The number of anilines is 1. The average molecular weight is 344 g/mol. The van der Waals surface area contributed by atoms with Gasteiger partial charge in [-0.2, -0.15) is 0 Å². The first kappa shape index (κ1) is 17.8. The Hall–Kier alpha value is -2.01. The van der Waals surface area contributed by atoms with E-state index in [1.54, 1.807) is 6.07 Å². The minimum Gasteiger partial charge on any atom is -0.506 e. The van der Waals surface area contributed by atoms with Crippen LogP contribution in [0.3, 0.4) is 0 Å². The van der Waals surface area contributed by atoms with Gasteiger partial charge < -0.3 is 20.2 Å². The lowest BCUT2D eigenvalue weighted by atomic mass is 9.97. The zero-order valence-electron chi connectivity index (χ0n) is 15.0. The molecule has 1 aromatic rings. The molecule has 1 fully saturated rings. The minimum atomic E-state index is 0.155. The summed E-state index contributed by atoms with van der Waals surface area (Å²) in [6, 6.07) is 7.47. The van der Waals surface area contributed by atoms with Crippen molar-refractivity contribution >= 4 is 11.6 Å². The number of allylic oxidation sites excluding steroid dienone is 1. The number of nitrogens with one attached hydrogen (secondary N) is 2. The third-order valence-electron chi connectivity index (χ3n) is 5.26. The maximum atomic E-state index is 12.2. The monoisotopic (exact) mass is 344 g/mol. The van der Waals surface area contributed by atoms with E-state index in [1.165, 1.54) is 36.2 Å². The summed E-state index contributed by atoms with van der Waals surface area (Å²) in [5.74, 6) is 0.489. The van der Waals surface area contributed by atoms with Gasteiger partial charge in [0.25, 0.3) is 5.91 Å². The normalized spacial score (nSPS) is 18.7. The van der Waals surface area contributed by atoms with Gasteiger partial charge in [-0.15, -0.1) is 0 Å². The highest BCUT2D eigenvalue weighted by Gasteiger charge is 2.23. The van der Waals surface area contributed by atoms with E-state index in [4.69, 9.17) is 0 Å². The number of benzene rings is 1. The van der Waals surface area contributed by atoms with Crippen LogP contribution in [0.15, 0.2) is 35.9 Å². The van der Waals surface area contributed by atoms with E-state index in [-0.39, 0.29) is 5.91 Å². The summed E-state index contributed by atoms with van der Waals surface area (Å²) >= 11 is 0. The first-order valence-corrected chi connectivity index (χ1v) is 9.53. The number of phenolic OH excluding ortho intramolecular Hbond substituents is 1. The number of carbonyl (C=O) groups excluding carboxylic acids is 1. The van der Waals surface area contributed by atoms with Crippen LogP contribution in [0, 0.1) is 0 Å². The smallest absolute Gasteiger partial charge is 0.275 e. The molecule has 0 unspecified atom stereocenters. The molecule has 136 valence electrons. The molecule has 25 heavy (non-hydrogen) atoms. The molecule has 1 amide bonds. The van der Waals surface area contributed by atoms with E-state index < -0.39 is 0 Å². The first-order valence-electron chi connectivity index (χ1n) is 9.53. The van der Waals surface area contributed by atoms with Gasteiger partial charge in [0.1, 0.15) is 5.75 Å². The number of aromatic hydroxyl groups is 1. The second kappa shape index (κ2) is 8.90. The fraction of sp³-hybridized carbons (Fsp3) is 0.550. The van der Waals surface area contributed by atoms with E-state index in [2.05, 4.69) is 16.3 Å². The topological polar surface area (TPSA) is 57.0 Å². The van der Waals surface area contributed by atoms with Gasteiger partial charge in [0.15, 0.2) is 6.54 Å². The molecule has 5 nitrogen and oxygen atoms in total. The summed E-state index contributed by atoms with van der Waals surface area (Å²) in [5.41, 5.74) is 2.40. The fourth-order valence-electron chi connectivity index (χ4n) is 3.76. The van der Waals surface area contributed by atoms with Crippen LogP contribution < -0.4 is 15.1 Å². The lowest BCUT2D eigenvalue weighted by Gasteiger charge is -2.33. The van der Waals surface area contributed by atoms with Crippen molar-refractivity contribution in [2.24, 2.45) is 0 Å². The van der Waals surface area contributed by atoms with E-state index in [0.29, 0.717) is 12.3 Å². The Morgan fingerprint density at radius 1 is 1.20 bits per heavy atom.